The van der Waals surface area contributed by atoms with Gasteiger partial charge in [0, 0.05) is 12.1 Å². The van der Waals surface area contributed by atoms with E-state index in [1.54, 1.807) is 0 Å². The van der Waals surface area contributed by atoms with Crippen LogP contribution in [0.15, 0.2) is 24.3 Å². The number of nitrogens with one attached hydrogen (secondary N) is 1. The maximum Gasteiger partial charge on any atom is 0.126 e. The zero-order valence-electron chi connectivity index (χ0n) is 11.7. The SMILES string of the molecule is CNC(Cc1cc(F)cc(F)c1)c1cc(C)nnc1C. The Morgan fingerprint density at radius 3 is 2.30 bits per heavy atom. The topological polar surface area (TPSA) is 37.8 Å². The molecule has 0 radical (unpaired) electrons. The van der Waals surface area contributed by atoms with E-state index in [1.807, 2.05) is 27.0 Å². The number of aromatic nitrogens is 2. The van der Waals surface area contributed by atoms with Gasteiger partial charge in [-0.3, -0.25) is 0 Å². The minimum atomic E-state index is -0.560. The van der Waals surface area contributed by atoms with Gasteiger partial charge in [-0.1, -0.05) is 0 Å². The van der Waals surface area contributed by atoms with Crippen LogP contribution < -0.4 is 5.32 Å². The smallest absolute Gasteiger partial charge is 0.126 e. The summed E-state index contributed by atoms with van der Waals surface area (Å²) in [7, 11) is 1.82. The van der Waals surface area contributed by atoms with E-state index in [9.17, 15) is 8.78 Å². The fourth-order valence-corrected chi connectivity index (χ4v) is 2.25. The molecule has 1 aromatic heterocycles. The van der Waals surface area contributed by atoms with Crippen molar-refractivity contribution in [2.75, 3.05) is 7.05 Å². The number of hydrogen-bond donors (Lipinski definition) is 1. The Hall–Kier alpha value is -1.88. The van der Waals surface area contributed by atoms with Gasteiger partial charge in [-0.25, -0.2) is 8.78 Å². The third kappa shape index (κ3) is 3.36. The lowest BCUT2D eigenvalue weighted by atomic mass is 9.98. The fourth-order valence-electron chi connectivity index (χ4n) is 2.25. The molecule has 0 aliphatic heterocycles. The lowest BCUT2D eigenvalue weighted by molar-refractivity contribution is 0.558. The van der Waals surface area contributed by atoms with E-state index < -0.39 is 11.6 Å². The van der Waals surface area contributed by atoms with Gasteiger partial charge in [0.15, 0.2) is 0 Å². The molecule has 0 spiro atoms. The molecule has 2 rings (SSSR count). The van der Waals surface area contributed by atoms with Crippen molar-refractivity contribution < 1.29 is 8.78 Å². The van der Waals surface area contributed by atoms with Gasteiger partial charge >= 0.3 is 0 Å². The van der Waals surface area contributed by atoms with Crippen LogP contribution >= 0.6 is 0 Å². The van der Waals surface area contributed by atoms with Crippen LogP contribution in [0.3, 0.4) is 0 Å². The number of nitrogens with zero attached hydrogens (tertiary/aromatic N) is 2. The summed E-state index contributed by atoms with van der Waals surface area (Å²) >= 11 is 0. The molecule has 20 heavy (non-hydrogen) atoms. The molecule has 1 aromatic carbocycles. The molecule has 5 heteroatoms. The van der Waals surface area contributed by atoms with Crippen molar-refractivity contribution in [3.05, 3.63) is 58.4 Å². The largest absolute Gasteiger partial charge is 0.313 e. The van der Waals surface area contributed by atoms with Gasteiger partial charge in [-0.05, 0) is 56.6 Å². The Kier molecular flexibility index (Phi) is 4.39. The van der Waals surface area contributed by atoms with E-state index in [2.05, 4.69) is 15.5 Å². The maximum absolute atomic E-state index is 13.2. The predicted octanol–water partition coefficient (Wildman–Crippen LogP) is 2.87. The number of benzene rings is 1. The second kappa shape index (κ2) is 6.05. The van der Waals surface area contributed by atoms with Crippen molar-refractivity contribution in [3.63, 3.8) is 0 Å². The van der Waals surface area contributed by atoms with Crippen molar-refractivity contribution in [2.45, 2.75) is 26.3 Å². The van der Waals surface area contributed by atoms with Crippen LogP contribution in [-0.2, 0) is 6.42 Å². The first-order chi connectivity index (χ1) is 9.49. The summed E-state index contributed by atoms with van der Waals surface area (Å²) < 4.78 is 26.5. The third-order valence-electron chi connectivity index (χ3n) is 3.23. The molecule has 0 aliphatic rings. The highest BCUT2D eigenvalue weighted by molar-refractivity contribution is 5.27. The van der Waals surface area contributed by atoms with E-state index in [1.165, 1.54) is 12.1 Å². The van der Waals surface area contributed by atoms with Crippen LogP contribution in [0.2, 0.25) is 0 Å². The van der Waals surface area contributed by atoms with E-state index in [0.717, 1.165) is 23.0 Å². The summed E-state index contributed by atoms with van der Waals surface area (Å²) in [5.41, 5.74) is 3.23. The Morgan fingerprint density at radius 2 is 1.70 bits per heavy atom. The van der Waals surface area contributed by atoms with Crippen LogP contribution in [0.5, 0.6) is 0 Å². The highest BCUT2D eigenvalue weighted by Gasteiger charge is 2.15. The molecule has 0 fully saturated rings. The molecule has 2 aromatic rings. The van der Waals surface area contributed by atoms with E-state index in [4.69, 9.17) is 0 Å². The molecule has 0 saturated heterocycles. The minimum Gasteiger partial charge on any atom is -0.313 e. The number of hydrogen-bond acceptors (Lipinski definition) is 3. The fraction of sp³-hybridized carbons (Fsp3) is 0.333. The lowest BCUT2D eigenvalue weighted by Crippen LogP contribution is -2.21. The Bertz CT molecular complexity index is 594. The second-order valence-electron chi connectivity index (χ2n) is 4.85. The number of likely N-dealkylation sites (N-methyl/N-ethyl adjacent to an activating group) is 1. The third-order valence-corrected chi connectivity index (χ3v) is 3.23. The standard InChI is InChI=1S/C15H17F2N3/c1-9-4-14(10(2)20-19-9)15(18-3)7-11-5-12(16)8-13(17)6-11/h4-6,8,15,18H,7H2,1-3H3. The predicted molar refractivity (Wildman–Crippen MR) is 73.4 cm³/mol. The summed E-state index contributed by atoms with van der Waals surface area (Å²) in [5, 5.41) is 11.2. The van der Waals surface area contributed by atoms with Crippen molar-refractivity contribution in [1.82, 2.24) is 15.5 Å². The molecule has 1 heterocycles. The summed E-state index contributed by atoms with van der Waals surface area (Å²) in [6.45, 7) is 3.74. The van der Waals surface area contributed by atoms with Gasteiger partial charge < -0.3 is 5.32 Å². The van der Waals surface area contributed by atoms with Gasteiger partial charge in [-0.2, -0.15) is 10.2 Å². The number of rotatable bonds is 4. The zero-order chi connectivity index (χ0) is 14.7. The van der Waals surface area contributed by atoms with E-state index in [-0.39, 0.29) is 6.04 Å². The molecule has 3 nitrogen and oxygen atoms in total. The molecule has 0 saturated carbocycles. The summed E-state index contributed by atoms with van der Waals surface area (Å²) in [6.07, 6.45) is 0.483. The van der Waals surface area contributed by atoms with Crippen molar-refractivity contribution in [1.29, 1.82) is 0 Å². The first-order valence-corrected chi connectivity index (χ1v) is 6.42. The van der Waals surface area contributed by atoms with Crippen molar-refractivity contribution in [2.24, 2.45) is 0 Å². The normalized spacial score (nSPS) is 12.4. The molecule has 106 valence electrons. The van der Waals surface area contributed by atoms with Crippen molar-refractivity contribution >= 4 is 0 Å². The Balaban J connectivity index is 2.31. The van der Waals surface area contributed by atoms with E-state index >= 15 is 0 Å². The monoisotopic (exact) mass is 277 g/mol. The summed E-state index contributed by atoms with van der Waals surface area (Å²) in [6, 6.07) is 5.46. The van der Waals surface area contributed by atoms with Gasteiger partial charge in [0.2, 0.25) is 0 Å². The van der Waals surface area contributed by atoms with Crippen LogP contribution in [-0.4, -0.2) is 17.2 Å². The van der Waals surface area contributed by atoms with Crippen LogP contribution in [0.4, 0.5) is 8.78 Å². The van der Waals surface area contributed by atoms with Crippen LogP contribution in [0.1, 0.15) is 28.6 Å². The lowest BCUT2D eigenvalue weighted by Gasteiger charge is -2.18. The average Bonchev–Trinajstić information content (AvgIpc) is 2.38. The minimum absolute atomic E-state index is 0.0644. The first-order valence-electron chi connectivity index (χ1n) is 6.42. The first kappa shape index (κ1) is 14.5. The average molecular weight is 277 g/mol. The zero-order valence-corrected chi connectivity index (χ0v) is 11.7. The molecular formula is C15H17F2N3. The Morgan fingerprint density at radius 1 is 1.05 bits per heavy atom. The van der Waals surface area contributed by atoms with Crippen LogP contribution in [0.25, 0.3) is 0 Å². The molecule has 1 unspecified atom stereocenters. The van der Waals surface area contributed by atoms with Gasteiger partial charge in [0.25, 0.3) is 0 Å². The van der Waals surface area contributed by atoms with Crippen molar-refractivity contribution in [3.8, 4) is 0 Å². The number of aryl methyl sites for hydroxylation is 2. The number of halogens is 2. The highest BCUT2D eigenvalue weighted by atomic mass is 19.1. The van der Waals surface area contributed by atoms with E-state index in [0.29, 0.717) is 12.0 Å². The highest BCUT2D eigenvalue weighted by Crippen LogP contribution is 2.21. The summed E-state index contributed by atoms with van der Waals surface area (Å²) in [5.74, 6) is -1.12. The van der Waals surface area contributed by atoms with Gasteiger partial charge in [-0.15, -0.1) is 0 Å². The maximum atomic E-state index is 13.2. The second-order valence-corrected chi connectivity index (χ2v) is 4.85. The molecule has 0 amide bonds. The Labute approximate surface area is 117 Å². The van der Waals surface area contributed by atoms with Gasteiger partial charge in [0.05, 0.1) is 11.4 Å². The molecule has 0 bridgehead atoms. The van der Waals surface area contributed by atoms with Gasteiger partial charge in [0.1, 0.15) is 11.6 Å². The molecule has 0 aliphatic carbocycles. The quantitative estimate of drug-likeness (QED) is 0.933. The summed E-state index contributed by atoms with van der Waals surface area (Å²) in [4.78, 5) is 0. The molecule has 1 N–H and O–H groups in total. The molecule has 1 atom stereocenters. The van der Waals surface area contributed by atoms with Crippen LogP contribution in [0, 0.1) is 25.5 Å². The molecular weight excluding hydrogens is 260 g/mol.